The number of hydrogen-bond acceptors (Lipinski definition) is 3. The number of carbonyl (C=O) groups is 1. The molecule has 0 spiro atoms. The van der Waals surface area contributed by atoms with Crippen LogP contribution in [0.25, 0.3) is 0 Å². The van der Waals surface area contributed by atoms with Crippen molar-refractivity contribution in [3.8, 4) is 5.75 Å². The first kappa shape index (κ1) is 14.3. The molecular formula is C14H12BrFN2O2. The van der Waals surface area contributed by atoms with E-state index < -0.39 is 11.7 Å². The van der Waals surface area contributed by atoms with E-state index in [0.717, 1.165) is 0 Å². The summed E-state index contributed by atoms with van der Waals surface area (Å²) in [7, 11) is 0. The molecule has 4 N–H and O–H groups in total. The second kappa shape index (κ2) is 5.92. The van der Waals surface area contributed by atoms with E-state index >= 15 is 0 Å². The molecule has 2 aromatic rings. The second-order valence-electron chi connectivity index (χ2n) is 4.11. The molecule has 2 rings (SSSR count). The Balaban J connectivity index is 2.21. The van der Waals surface area contributed by atoms with Crippen molar-refractivity contribution in [1.82, 2.24) is 0 Å². The number of nitrogen functional groups attached to an aromatic ring is 1. The third-order valence-corrected chi connectivity index (χ3v) is 3.33. The highest BCUT2D eigenvalue weighted by Crippen LogP contribution is 2.29. The summed E-state index contributed by atoms with van der Waals surface area (Å²) in [6.07, 6.45) is 0. The van der Waals surface area contributed by atoms with Gasteiger partial charge in [0.15, 0.2) is 0 Å². The summed E-state index contributed by atoms with van der Waals surface area (Å²) in [6.45, 7) is 0.0738. The molecular weight excluding hydrogens is 327 g/mol. The lowest BCUT2D eigenvalue weighted by Gasteiger charge is -2.11. The zero-order valence-corrected chi connectivity index (χ0v) is 12.0. The van der Waals surface area contributed by atoms with Gasteiger partial charge in [-0.2, -0.15) is 0 Å². The maximum absolute atomic E-state index is 13.4. The molecule has 104 valence electrons. The molecule has 1 amide bonds. The Morgan fingerprint density at radius 1 is 1.30 bits per heavy atom. The van der Waals surface area contributed by atoms with Crippen LogP contribution in [-0.2, 0) is 6.61 Å². The molecule has 0 atom stereocenters. The molecule has 0 aliphatic carbocycles. The van der Waals surface area contributed by atoms with Gasteiger partial charge in [-0.05, 0) is 28.1 Å². The number of anilines is 1. The average molecular weight is 339 g/mol. The normalized spacial score (nSPS) is 10.3. The standard InChI is InChI=1S/C14H12BrFN2O2/c15-10-5-12(17)13(6-11(10)16)20-7-8-3-1-2-4-9(8)14(18)19/h1-6H,7,17H2,(H2,18,19). The van der Waals surface area contributed by atoms with Gasteiger partial charge in [-0.25, -0.2) is 4.39 Å². The van der Waals surface area contributed by atoms with Crippen LogP contribution in [0.1, 0.15) is 15.9 Å². The van der Waals surface area contributed by atoms with Crippen molar-refractivity contribution >= 4 is 27.5 Å². The third-order valence-electron chi connectivity index (χ3n) is 2.72. The Morgan fingerprint density at radius 3 is 2.70 bits per heavy atom. The van der Waals surface area contributed by atoms with Gasteiger partial charge in [0.05, 0.1) is 10.2 Å². The molecule has 0 aliphatic rings. The van der Waals surface area contributed by atoms with Gasteiger partial charge in [0.2, 0.25) is 5.91 Å². The van der Waals surface area contributed by atoms with E-state index in [9.17, 15) is 9.18 Å². The van der Waals surface area contributed by atoms with Crippen molar-refractivity contribution in [2.24, 2.45) is 5.73 Å². The minimum absolute atomic E-state index is 0.0738. The van der Waals surface area contributed by atoms with Gasteiger partial charge in [0.1, 0.15) is 18.2 Å². The van der Waals surface area contributed by atoms with Crippen molar-refractivity contribution in [3.63, 3.8) is 0 Å². The van der Waals surface area contributed by atoms with Gasteiger partial charge in [-0.1, -0.05) is 18.2 Å². The lowest BCUT2D eigenvalue weighted by Crippen LogP contribution is -2.14. The monoisotopic (exact) mass is 338 g/mol. The molecule has 0 saturated carbocycles. The van der Waals surface area contributed by atoms with Crippen LogP contribution in [0.4, 0.5) is 10.1 Å². The van der Waals surface area contributed by atoms with Crippen molar-refractivity contribution in [2.45, 2.75) is 6.61 Å². The maximum Gasteiger partial charge on any atom is 0.249 e. The number of primary amides is 1. The zero-order valence-electron chi connectivity index (χ0n) is 10.4. The number of ether oxygens (including phenoxy) is 1. The van der Waals surface area contributed by atoms with Gasteiger partial charge < -0.3 is 16.2 Å². The van der Waals surface area contributed by atoms with Crippen LogP contribution >= 0.6 is 15.9 Å². The third kappa shape index (κ3) is 3.08. The van der Waals surface area contributed by atoms with Crippen LogP contribution in [-0.4, -0.2) is 5.91 Å². The van der Waals surface area contributed by atoms with Crippen LogP contribution in [0.3, 0.4) is 0 Å². The number of halogens is 2. The van der Waals surface area contributed by atoms with E-state index in [4.69, 9.17) is 16.2 Å². The first-order valence-electron chi connectivity index (χ1n) is 5.74. The molecule has 0 heterocycles. The topological polar surface area (TPSA) is 78.3 Å². The predicted molar refractivity (Wildman–Crippen MR) is 77.8 cm³/mol. The molecule has 0 aromatic heterocycles. The summed E-state index contributed by atoms with van der Waals surface area (Å²) in [5, 5.41) is 0. The summed E-state index contributed by atoms with van der Waals surface area (Å²) < 4.78 is 19.2. The highest BCUT2D eigenvalue weighted by atomic mass is 79.9. The van der Waals surface area contributed by atoms with Gasteiger partial charge in [-0.3, -0.25) is 4.79 Å². The molecule has 0 aliphatic heterocycles. The van der Waals surface area contributed by atoms with E-state index in [-0.39, 0.29) is 16.8 Å². The van der Waals surface area contributed by atoms with Crippen LogP contribution in [0.15, 0.2) is 40.9 Å². The van der Waals surface area contributed by atoms with Crippen molar-refractivity contribution in [3.05, 3.63) is 57.8 Å². The molecule has 0 bridgehead atoms. The summed E-state index contributed by atoms with van der Waals surface area (Å²) in [6, 6.07) is 9.39. The lowest BCUT2D eigenvalue weighted by atomic mass is 10.1. The first-order chi connectivity index (χ1) is 9.49. The van der Waals surface area contributed by atoms with Crippen molar-refractivity contribution in [2.75, 3.05) is 5.73 Å². The van der Waals surface area contributed by atoms with E-state index in [1.165, 1.54) is 12.1 Å². The fourth-order valence-corrected chi connectivity index (χ4v) is 2.07. The van der Waals surface area contributed by atoms with Crippen LogP contribution in [0.5, 0.6) is 5.75 Å². The molecule has 0 radical (unpaired) electrons. The van der Waals surface area contributed by atoms with Crippen molar-refractivity contribution < 1.29 is 13.9 Å². The van der Waals surface area contributed by atoms with Crippen LogP contribution in [0, 0.1) is 5.82 Å². The van der Waals surface area contributed by atoms with Gasteiger partial charge in [-0.15, -0.1) is 0 Å². The Hall–Kier alpha value is -2.08. The number of hydrogen-bond donors (Lipinski definition) is 2. The molecule has 6 heteroatoms. The minimum Gasteiger partial charge on any atom is -0.487 e. The van der Waals surface area contributed by atoms with E-state index in [0.29, 0.717) is 16.8 Å². The molecule has 0 saturated heterocycles. The van der Waals surface area contributed by atoms with E-state index in [2.05, 4.69) is 15.9 Å². The predicted octanol–water partition coefficient (Wildman–Crippen LogP) is 2.85. The Labute approximate surface area is 123 Å². The highest BCUT2D eigenvalue weighted by molar-refractivity contribution is 9.10. The Morgan fingerprint density at radius 2 is 2.00 bits per heavy atom. The molecule has 2 aromatic carbocycles. The van der Waals surface area contributed by atoms with Crippen LogP contribution < -0.4 is 16.2 Å². The summed E-state index contributed by atoms with van der Waals surface area (Å²) in [4.78, 5) is 11.3. The quantitative estimate of drug-likeness (QED) is 0.841. The fraction of sp³-hybridized carbons (Fsp3) is 0.0714. The lowest BCUT2D eigenvalue weighted by molar-refractivity contribution is 0.0998. The maximum atomic E-state index is 13.4. The SMILES string of the molecule is NC(=O)c1ccccc1COc1cc(F)c(Br)cc1N. The molecule has 0 unspecified atom stereocenters. The minimum atomic E-state index is -0.542. The van der Waals surface area contributed by atoms with Gasteiger partial charge in [0.25, 0.3) is 0 Å². The smallest absolute Gasteiger partial charge is 0.249 e. The fourth-order valence-electron chi connectivity index (χ4n) is 1.71. The number of carbonyl (C=O) groups excluding carboxylic acids is 1. The summed E-state index contributed by atoms with van der Waals surface area (Å²) >= 11 is 3.04. The zero-order chi connectivity index (χ0) is 14.7. The molecule has 0 fully saturated rings. The number of rotatable bonds is 4. The molecule has 20 heavy (non-hydrogen) atoms. The highest BCUT2D eigenvalue weighted by Gasteiger charge is 2.10. The average Bonchev–Trinajstić information content (AvgIpc) is 2.41. The largest absolute Gasteiger partial charge is 0.487 e. The van der Waals surface area contributed by atoms with Gasteiger partial charge >= 0.3 is 0 Å². The van der Waals surface area contributed by atoms with Crippen LogP contribution in [0.2, 0.25) is 0 Å². The van der Waals surface area contributed by atoms with Crippen molar-refractivity contribution in [1.29, 1.82) is 0 Å². The molecule has 4 nitrogen and oxygen atoms in total. The summed E-state index contributed by atoms with van der Waals surface area (Å²) in [5.41, 5.74) is 12.3. The number of amides is 1. The van der Waals surface area contributed by atoms with E-state index in [1.807, 2.05) is 0 Å². The van der Waals surface area contributed by atoms with Gasteiger partial charge in [0, 0.05) is 17.2 Å². The summed E-state index contributed by atoms with van der Waals surface area (Å²) in [5.74, 6) is -0.804. The number of nitrogens with two attached hydrogens (primary N) is 2. The Kier molecular flexibility index (Phi) is 4.24. The van der Waals surface area contributed by atoms with E-state index in [1.54, 1.807) is 24.3 Å². The number of benzene rings is 2. The first-order valence-corrected chi connectivity index (χ1v) is 6.53. The Bertz CT molecular complexity index is 662. The second-order valence-corrected chi connectivity index (χ2v) is 4.97.